The summed E-state index contributed by atoms with van der Waals surface area (Å²) in [7, 11) is 0.416. The smallest absolute Gasteiger partial charge is 0.415 e. The van der Waals surface area contributed by atoms with Crippen molar-refractivity contribution in [1.82, 2.24) is 61.8 Å². The lowest BCUT2D eigenvalue weighted by Gasteiger charge is -2.32. The number of aromatic amines is 1. The van der Waals surface area contributed by atoms with E-state index in [1.54, 1.807) is 70.9 Å². The third kappa shape index (κ3) is 41.2. The third-order valence-electron chi connectivity index (χ3n) is 25.2. The minimum atomic E-state index is -2.54. The number of nitrogens with zero attached hydrogens (tertiary/aromatic N) is 4. The maximum absolute atomic E-state index is 15.5. The molecular formula is C96H146N14O32S. The molecule has 1 unspecified atom stereocenters. The number of carbonyl (C=O) groups is 17. The molecule has 4 aliphatic heterocycles. The van der Waals surface area contributed by atoms with Crippen molar-refractivity contribution in [3.05, 3.63) is 59.2 Å². The van der Waals surface area contributed by atoms with Crippen molar-refractivity contribution in [3.63, 3.8) is 0 Å². The molecule has 798 valence electrons. The van der Waals surface area contributed by atoms with Gasteiger partial charge in [0.2, 0.25) is 53.2 Å². The molecule has 7 rings (SSSR count). The number of aliphatic hydroxyl groups is 3. The molecule has 5 heterocycles. The number of aliphatic hydroxyl groups excluding tert-OH is 3. The van der Waals surface area contributed by atoms with Gasteiger partial charge in [0.25, 0.3) is 0 Å². The maximum atomic E-state index is 15.5. The molecule has 1 aromatic heterocycles. The highest BCUT2D eigenvalue weighted by atomic mass is 32.2. The van der Waals surface area contributed by atoms with Crippen molar-refractivity contribution in [2.75, 3.05) is 198 Å². The first kappa shape index (κ1) is 119. The fourth-order valence-electron chi connectivity index (χ4n) is 16.4. The average Bonchev–Trinajstić information content (AvgIpc) is 1.62. The van der Waals surface area contributed by atoms with Crippen LogP contribution in [0.3, 0.4) is 0 Å². The van der Waals surface area contributed by atoms with Crippen molar-refractivity contribution in [2.45, 2.75) is 185 Å². The molecule has 143 heavy (non-hydrogen) atoms. The van der Waals surface area contributed by atoms with Crippen LogP contribution in [0.4, 0.5) is 14.4 Å². The van der Waals surface area contributed by atoms with E-state index in [0.717, 1.165) is 9.80 Å². The Kier molecular flexibility index (Phi) is 52.7. The van der Waals surface area contributed by atoms with Crippen LogP contribution in [0.5, 0.6) is 5.75 Å². The van der Waals surface area contributed by atoms with Crippen LogP contribution < -0.4 is 53.4 Å². The van der Waals surface area contributed by atoms with Gasteiger partial charge in [-0.15, -0.1) is 0 Å². The summed E-state index contributed by atoms with van der Waals surface area (Å²) in [5, 5.41) is 50.3. The van der Waals surface area contributed by atoms with Gasteiger partial charge in [-0.05, 0) is 79.7 Å². The van der Waals surface area contributed by atoms with Gasteiger partial charge in [-0.1, -0.05) is 65.3 Å². The van der Waals surface area contributed by atoms with E-state index in [2.05, 4.69) is 42.2 Å². The number of ketones is 5. The Morgan fingerprint density at radius 1 is 0.664 bits per heavy atom. The number of rotatable bonds is 56. The zero-order chi connectivity index (χ0) is 105. The van der Waals surface area contributed by atoms with Gasteiger partial charge in [0.1, 0.15) is 41.0 Å². The zero-order valence-electron chi connectivity index (χ0n) is 83.1. The average molecular weight is 2040 g/mol. The number of methoxy groups -OCH3 is 1. The van der Waals surface area contributed by atoms with Gasteiger partial charge < -0.3 is 141 Å². The fraction of sp³-hybridized carbons (Fsp3) is 0.677. The number of hydrogen-bond donors (Lipinski definition) is 13. The molecular weight excluding hydrogens is 1890 g/mol. The first-order valence-corrected chi connectivity index (χ1v) is 50.0. The Bertz CT molecular complexity index is 4710. The topological polar surface area (TPSA) is 634 Å². The highest BCUT2D eigenvalue weighted by molar-refractivity contribution is 7.85. The molecule has 13 atom stereocenters. The minimum Gasteiger partial charge on any atom is -0.445 e. The number of nitrogens with one attached hydrogen (secondary N) is 8. The number of ether oxygens (including phenoxy) is 11. The van der Waals surface area contributed by atoms with Crippen LogP contribution in [-0.2, 0) is 145 Å². The number of carbonyl (C=O) groups excluding carboxylic acids is 17. The monoisotopic (exact) mass is 2040 g/mol. The molecule has 2 fully saturated rings. The van der Waals surface area contributed by atoms with Gasteiger partial charge in [-0.25, -0.2) is 14.4 Å². The number of H-pyrrole nitrogens is 1. The Morgan fingerprint density at radius 2 is 1.25 bits per heavy atom. The van der Waals surface area contributed by atoms with E-state index >= 15 is 9.00 Å². The number of hydrogen-bond acceptors (Lipinski definition) is 32. The van der Waals surface area contributed by atoms with Crippen molar-refractivity contribution in [1.29, 1.82) is 0 Å². The second-order valence-corrected chi connectivity index (χ2v) is 37.7. The van der Waals surface area contributed by atoms with Crippen LogP contribution in [0, 0.1) is 41.4 Å². The molecule has 46 nitrogen and oxygen atoms in total. The number of Topliss-reactive ketones (excluding diaryl/α,β-unsaturated/α-hetero) is 5. The lowest BCUT2D eigenvalue weighted by Crippen LogP contribution is -2.56. The van der Waals surface area contributed by atoms with Crippen LogP contribution in [-0.4, -0.2) is 385 Å². The van der Waals surface area contributed by atoms with Crippen molar-refractivity contribution >= 4 is 122 Å². The molecule has 15 N–H and O–H groups in total. The van der Waals surface area contributed by atoms with Crippen molar-refractivity contribution < 1.29 is 153 Å². The molecule has 0 radical (unpaired) electrons. The van der Waals surface area contributed by atoms with Crippen LogP contribution in [0.1, 0.15) is 135 Å². The molecule has 2 bridgehead atoms. The van der Waals surface area contributed by atoms with Gasteiger partial charge in [0.05, 0.1) is 197 Å². The number of likely N-dealkylation sites (tertiary alicyclic amines) is 1. The number of aromatic nitrogens is 1. The molecule has 3 aromatic rings. The SMILES string of the molecule is CC[C@H](C)[C@@H]1NC(=O)CNC(=O)[C@@H]2CC(=O)[C@H]([C@@H](C)[C@@H](O)CO)NC(=O)[C@@H]3C[C@@H](O)CN3C(=O)[C@H](CC(N)=O)CC(=O)[C@H](CS(=O)c3[nH]c4cc(OC(=O)N(C)CCN(CCOCCOCCOCCOCCC(=O)N5CCC(C(C)=O)CC5)C(=O)OCc5ccc(CC(=O)[C@H](CCCNC(N)=O)NC(=O)[C@@H](CC(=O)CCOCCOCCOCCOCCOC)C(C)C)cc5)ccc4c3C2)NC(=O)CNC1=O. The molecule has 47 heteroatoms. The van der Waals surface area contributed by atoms with E-state index in [4.69, 9.17) is 63.6 Å². The summed E-state index contributed by atoms with van der Waals surface area (Å²) in [4.78, 5) is 244. The van der Waals surface area contributed by atoms with E-state index in [1.807, 2.05) is 0 Å². The molecule has 0 spiro atoms. The summed E-state index contributed by atoms with van der Waals surface area (Å²) in [5.41, 5.74) is 12.1. The van der Waals surface area contributed by atoms with E-state index in [-0.39, 0.29) is 206 Å². The van der Waals surface area contributed by atoms with Gasteiger partial charge in [0, 0.05) is 140 Å². The van der Waals surface area contributed by atoms with Crippen LogP contribution in [0.25, 0.3) is 10.9 Å². The van der Waals surface area contributed by atoms with E-state index in [0.29, 0.717) is 83.1 Å². The summed E-state index contributed by atoms with van der Waals surface area (Å²) in [6, 6.07) is 2.24. The lowest BCUT2D eigenvalue weighted by molar-refractivity contribution is -0.145. The first-order valence-electron chi connectivity index (χ1n) is 48.7. The zero-order valence-corrected chi connectivity index (χ0v) is 83.9. The summed E-state index contributed by atoms with van der Waals surface area (Å²) in [5.74, 6) is -17.4. The molecule has 2 saturated heterocycles. The summed E-state index contributed by atoms with van der Waals surface area (Å²) in [6.07, 6.45) is -6.65. The molecule has 0 aliphatic carbocycles. The highest BCUT2D eigenvalue weighted by Crippen LogP contribution is 2.34. The normalized spacial score (nSPS) is 20.4. The molecule has 13 amide bonds. The number of benzene rings is 2. The van der Waals surface area contributed by atoms with Gasteiger partial charge in [-0.3, -0.25) is 71.3 Å². The summed E-state index contributed by atoms with van der Waals surface area (Å²) in [6.45, 7) is 11.4. The fourth-order valence-corrected chi connectivity index (χ4v) is 17.9. The quantitative estimate of drug-likeness (QED) is 0.0310. The Balaban J connectivity index is 1.09. The second-order valence-electron chi connectivity index (χ2n) is 36.3. The number of amides is 13. The molecule has 2 aromatic carbocycles. The van der Waals surface area contributed by atoms with E-state index in [9.17, 15) is 92.0 Å². The number of piperidine rings is 1. The van der Waals surface area contributed by atoms with Crippen molar-refractivity contribution in [2.24, 2.45) is 52.9 Å². The lowest BCUT2D eigenvalue weighted by atomic mass is 9.85. The van der Waals surface area contributed by atoms with Crippen LogP contribution >= 0.6 is 0 Å². The third-order valence-corrected chi connectivity index (χ3v) is 26.6. The van der Waals surface area contributed by atoms with E-state index < -0.39 is 224 Å². The number of fused-ring (bicyclic) bond motifs is 5. The molecule has 0 saturated carbocycles. The number of nitrogens with two attached hydrogens (primary N) is 2. The van der Waals surface area contributed by atoms with Gasteiger partial charge >= 0.3 is 18.2 Å². The predicted molar refractivity (Wildman–Crippen MR) is 513 cm³/mol. The van der Waals surface area contributed by atoms with E-state index in [1.165, 1.54) is 37.1 Å². The van der Waals surface area contributed by atoms with Gasteiger partial charge in [0.15, 0.2) is 17.3 Å². The maximum Gasteiger partial charge on any atom is 0.415 e. The Hall–Kier alpha value is -11.0. The first-order chi connectivity index (χ1) is 68.4. The van der Waals surface area contributed by atoms with Crippen LogP contribution in [0.15, 0.2) is 47.5 Å². The highest BCUT2D eigenvalue weighted by Gasteiger charge is 2.46. The summed E-state index contributed by atoms with van der Waals surface area (Å²) < 4.78 is 77.1. The number of primary amides is 2. The second kappa shape index (κ2) is 63.3. The standard InChI is InChI=1S/C96H146N14O32S/c1-9-60(4)86-91(126)101-53-83(120)102-76-58-143(131)92-73(46-66(88(123)100-54-84(121)105-86)47-80(117)87(61(5)81(118)56-111)106-90(125)77-51-69(114)55-110(77)93(127)67(48-79(76)116)49-82(97)119)71-17-16-70(52-75(71)104-92)142-95(129)107(7)25-26-109(27-30-135-35-38-139-43-41-138-37-34-134-29-21-85(122)108-23-18-65(19-24-108)62(6)112)96(130)141-57-64-14-12-63(13-15-64)45-78(115)74(11-10-22-99-94(98)128)103-89(124)72(59(2)3)50-68(113)20-28-133-33-36-137-42-44-140-40-39-136-32-31-132-8/h12-17,52,59-61,65-67,69,72,74,76-77,81,86-87,104,111,114,118H,9-11,18-51,53-58H2,1-8H3,(H2,97,119)(H,100,123)(H,101,126)(H,102,120)(H,103,124)(H,105,121)(H,106,125)(H3,98,99,128)/t60-,61-,66-,67-,69+,72-,74-,76-,77-,81-,86-,87-,143?/m0/s1. The number of likely N-dealkylation sites (N-methyl/N-ethyl adjacent to an activating group) is 1. The molecule has 4 aliphatic rings. The predicted octanol–water partition coefficient (Wildman–Crippen LogP) is -0.712. The minimum absolute atomic E-state index is 0.0180. The Labute approximate surface area is 834 Å². The summed E-state index contributed by atoms with van der Waals surface area (Å²) >= 11 is 0. The van der Waals surface area contributed by atoms with Crippen LogP contribution in [0.2, 0.25) is 0 Å². The van der Waals surface area contributed by atoms with Crippen molar-refractivity contribution in [3.8, 4) is 5.75 Å². The number of urea groups is 1. The van der Waals surface area contributed by atoms with Gasteiger partial charge in [-0.2, -0.15) is 0 Å². The Morgan fingerprint density at radius 3 is 1.84 bits per heavy atom. The largest absolute Gasteiger partial charge is 0.445 e.